The zero-order valence-electron chi connectivity index (χ0n) is 10.4. The summed E-state index contributed by atoms with van der Waals surface area (Å²) in [6.45, 7) is 10.5. The van der Waals surface area contributed by atoms with E-state index in [-0.39, 0.29) is 0 Å². The maximum Gasteiger partial charge on any atom is 0.115 e. The summed E-state index contributed by atoms with van der Waals surface area (Å²) in [6, 6.07) is 0. The van der Waals surface area contributed by atoms with Crippen molar-refractivity contribution in [3.8, 4) is 0 Å². The highest BCUT2D eigenvalue weighted by Gasteiger charge is 2.20. The number of hydrogen-bond donors (Lipinski definition) is 0. The minimum absolute atomic E-state index is 0.412. The van der Waals surface area contributed by atoms with Gasteiger partial charge in [-0.3, -0.25) is 0 Å². The lowest BCUT2D eigenvalue weighted by Gasteiger charge is -2.28. The molecule has 1 rings (SSSR count). The van der Waals surface area contributed by atoms with Crippen molar-refractivity contribution in [2.24, 2.45) is 5.92 Å². The summed E-state index contributed by atoms with van der Waals surface area (Å²) in [5.41, 5.74) is 1.24. The Morgan fingerprint density at radius 1 is 1.33 bits per heavy atom. The smallest absolute Gasteiger partial charge is 0.115 e. The minimum atomic E-state index is 0.412. The fourth-order valence-corrected chi connectivity index (χ4v) is 2.19. The van der Waals surface area contributed by atoms with Gasteiger partial charge in [-0.15, -0.1) is 0 Å². The van der Waals surface area contributed by atoms with E-state index < -0.39 is 0 Å². The Labute approximate surface area is 94.2 Å². The molecule has 0 heterocycles. The Balaban J connectivity index is 2.38. The van der Waals surface area contributed by atoms with E-state index in [0.717, 1.165) is 18.1 Å². The van der Waals surface area contributed by atoms with E-state index >= 15 is 0 Å². The average Bonchev–Trinajstić information content (AvgIpc) is 2.23. The predicted octanol–water partition coefficient (Wildman–Crippen LogP) is 4.45. The van der Waals surface area contributed by atoms with Crippen LogP contribution in [0.2, 0.25) is 0 Å². The molecule has 1 saturated carbocycles. The number of ether oxygens (including phenoxy) is 1. The van der Waals surface area contributed by atoms with Crippen LogP contribution in [-0.4, -0.2) is 6.10 Å². The van der Waals surface area contributed by atoms with Crippen molar-refractivity contribution >= 4 is 0 Å². The van der Waals surface area contributed by atoms with Gasteiger partial charge >= 0.3 is 0 Å². The van der Waals surface area contributed by atoms with Crippen LogP contribution in [0.4, 0.5) is 0 Å². The summed E-state index contributed by atoms with van der Waals surface area (Å²) in [7, 11) is 0. The Morgan fingerprint density at radius 3 is 2.40 bits per heavy atom. The van der Waals surface area contributed by atoms with Crippen LogP contribution in [-0.2, 0) is 4.74 Å². The predicted molar refractivity (Wildman–Crippen MR) is 65.7 cm³/mol. The lowest BCUT2D eigenvalue weighted by Crippen LogP contribution is -2.20. The van der Waals surface area contributed by atoms with Gasteiger partial charge in [0.05, 0.1) is 6.10 Å². The molecule has 1 aliphatic rings. The second-order valence-corrected chi connectivity index (χ2v) is 4.59. The molecule has 1 aliphatic carbocycles. The number of allylic oxidation sites excluding steroid dienone is 2. The summed E-state index contributed by atoms with van der Waals surface area (Å²) < 4.78 is 5.92. The largest absolute Gasteiger partial charge is 0.491 e. The normalized spacial score (nSPS) is 27.5. The molecule has 0 atom stereocenters. The first-order valence-electron chi connectivity index (χ1n) is 6.18. The van der Waals surface area contributed by atoms with Crippen LogP contribution in [0.5, 0.6) is 0 Å². The van der Waals surface area contributed by atoms with Crippen LogP contribution in [0.15, 0.2) is 24.0 Å². The molecule has 0 aromatic carbocycles. The number of rotatable bonds is 4. The Hall–Kier alpha value is -0.720. The highest BCUT2D eigenvalue weighted by Crippen LogP contribution is 2.28. The van der Waals surface area contributed by atoms with Gasteiger partial charge in [0.25, 0.3) is 0 Å². The van der Waals surface area contributed by atoms with Crippen LogP contribution in [0.3, 0.4) is 0 Å². The zero-order valence-corrected chi connectivity index (χ0v) is 10.4. The fraction of sp³-hybridized carbons (Fsp3) is 0.714. The highest BCUT2D eigenvalue weighted by molar-refractivity contribution is 5.22. The molecule has 0 saturated heterocycles. The fourth-order valence-electron chi connectivity index (χ4n) is 2.19. The van der Waals surface area contributed by atoms with Gasteiger partial charge in [0.2, 0.25) is 0 Å². The van der Waals surface area contributed by atoms with Crippen molar-refractivity contribution in [2.75, 3.05) is 0 Å². The Bertz CT molecular complexity index is 232. The summed E-state index contributed by atoms with van der Waals surface area (Å²) in [4.78, 5) is 0. The van der Waals surface area contributed by atoms with Gasteiger partial charge in [-0.25, -0.2) is 0 Å². The van der Waals surface area contributed by atoms with E-state index in [0.29, 0.717) is 6.10 Å². The van der Waals surface area contributed by atoms with Gasteiger partial charge in [-0.2, -0.15) is 0 Å². The maximum absolute atomic E-state index is 5.92. The highest BCUT2D eigenvalue weighted by atomic mass is 16.5. The van der Waals surface area contributed by atoms with Crippen molar-refractivity contribution < 1.29 is 4.74 Å². The van der Waals surface area contributed by atoms with Crippen molar-refractivity contribution in [1.29, 1.82) is 0 Å². The van der Waals surface area contributed by atoms with Crippen molar-refractivity contribution in [3.63, 3.8) is 0 Å². The van der Waals surface area contributed by atoms with E-state index in [1.807, 2.05) is 0 Å². The van der Waals surface area contributed by atoms with Crippen LogP contribution in [0.1, 0.15) is 52.9 Å². The van der Waals surface area contributed by atoms with Gasteiger partial charge in [0.1, 0.15) is 5.76 Å². The first-order chi connectivity index (χ1) is 7.17. The first kappa shape index (κ1) is 12.4. The molecule has 0 aliphatic heterocycles. The van der Waals surface area contributed by atoms with Gasteiger partial charge in [-0.05, 0) is 50.5 Å². The van der Waals surface area contributed by atoms with Crippen molar-refractivity contribution in [3.05, 3.63) is 24.0 Å². The second kappa shape index (κ2) is 5.99. The molecule has 0 aromatic rings. The third kappa shape index (κ3) is 3.73. The minimum Gasteiger partial charge on any atom is -0.491 e. The molecule has 0 bridgehead atoms. The first-order valence-corrected chi connectivity index (χ1v) is 6.18. The zero-order chi connectivity index (χ0) is 11.3. The quantitative estimate of drug-likeness (QED) is 0.490. The van der Waals surface area contributed by atoms with E-state index in [4.69, 9.17) is 4.74 Å². The topological polar surface area (TPSA) is 9.23 Å². The molecule has 0 aromatic heterocycles. The summed E-state index contributed by atoms with van der Waals surface area (Å²) >= 11 is 0. The molecule has 0 N–H and O–H groups in total. The molecule has 0 radical (unpaired) electrons. The molecule has 1 nitrogen and oxygen atoms in total. The lowest BCUT2D eigenvalue weighted by molar-refractivity contribution is 0.0748. The van der Waals surface area contributed by atoms with Crippen molar-refractivity contribution in [1.82, 2.24) is 0 Å². The maximum atomic E-state index is 5.92. The van der Waals surface area contributed by atoms with Crippen LogP contribution in [0, 0.1) is 5.92 Å². The van der Waals surface area contributed by atoms with Crippen LogP contribution < -0.4 is 0 Å². The molecule has 0 unspecified atom stereocenters. The third-order valence-corrected chi connectivity index (χ3v) is 3.36. The summed E-state index contributed by atoms with van der Waals surface area (Å²) in [5, 5.41) is 0. The monoisotopic (exact) mass is 208 g/mol. The van der Waals surface area contributed by atoms with Gasteiger partial charge < -0.3 is 4.74 Å². The summed E-state index contributed by atoms with van der Waals surface area (Å²) in [5.74, 6) is 1.77. The molecule has 86 valence electrons. The van der Waals surface area contributed by atoms with Crippen LogP contribution in [0.25, 0.3) is 0 Å². The molecule has 15 heavy (non-hydrogen) atoms. The average molecular weight is 208 g/mol. The van der Waals surface area contributed by atoms with E-state index in [9.17, 15) is 0 Å². The van der Waals surface area contributed by atoms with E-state index in [1.54, 1.807) is 0 Å². The molecular formula is C14H24O. The Morgan fingerprint density at radius 2 is 1.93 bits per heavy atom. The van der Waals surface area contributed by atoms with Crippen LogP contribution >= 0.6 is 0 Å². The van der Waals surface area contributed by atoms with Gasteiger partial charge in [-0.1, -0.05) is 26.5 Å². The summed E-state index contributed by atoms with van der Waals surface area (Å²) in [6.07, 6.45) is 8.52. The number of hydrogen-bond acceptors (Lipinski definition) is 1. The molecule has 0 spiro atoms. The van der Waals surface area contributed by atoms with Crippen molar-refractivity contribution in [2.45, 2.75) is 59.0 Å². The third-order valence-electron chi connectivity index (χ3n) is 3.36. The van der Waals surface area contributed by atoms with Gasteiger partial charge in [0, 0.05) is 0 Å². The Kier molecular flexibility index (Phi) is 4.93. The molecule has 1 fully saturated rings. The lowest BCUT2D eigenvalue weighted by atomic mass is 9.89. The van der Waals surface area contributed by atoms with Gasteiger partial charge in [0.15, 0.2) is 0 Å². The molecule has 1 heteroatoms. The SMILES string of the molecule is C=C(OC1CCC(C)CC1)/C(=C/C)CC. The second-order valence-electron chi connectivity index (χ2n) is 4.59. The van der Waals surface area contributed by atoms with E-state index in [1.165, 1.54) is 31.3 Å². The standard InChI is InChI=1S/C14H24O/c1-5-13(6-2)12(4)15-14-9-7-11(3)8-10-14/h5,11,14H,4,6-10H2,1-3H3/b13-5+. The van der Waals surface area contributed by atoms with E-state index in [2.05, 4.69) is 33.4 Å². The molecular weight excluding hydrogens is 184 g/mol. The molecule has 0 amide bonds.